The third-order valence-corrected chi connectivity index (χ3v) is 4.73. The molecule has 5 heteroatoms. The SMILES string of the molecule is CC1CC(C(=O)NCC2CCN(C)C2)(C(N)=S)C1. The molecule has 3 N–H and O–H groups in total. The standard InChI is InChI=1S/C13H23N3OS/c1-9-5-13(6-9,11(14)18)12(17)15-7-10-3-4-16(2)8-10/h9-10H,3-8H2,1-2H3,(H2,14,18)(H,15,17). The van der Waals surface area contributed by atoms with E-state index < -0.39 is 5.41 Å². The van der Waals surface area contributed by atoms with E-state index in [1.807, 2.05) is 0 Å². The van der Waals surface area contributed by atoms with Crippen LogP contribution in [0.1, 0.15) is 26.2 Å². The lowest BCUT2D eigenvalue weighted by atomic mass is 9.62. The molecule has 1 unspecified atom stereocenters. The van der Waals surface area contributed by atoms with Crippen molar-refractivity contribution >= 4 is 23.1 Å². The molecule has 0 radical (unpaired) electrons. The smallest absolute Gasteiger partial charge is 0.233 e. The number of amides is 1. The summed E-state index contributed by atoms with van der Waals surface area (Å²) >= 11 is 5.09. The van der Waals surface area contributed by atoms with E-state index in [1.165, 1.54) is 0 Å². The van der Waals surface area contributed by atoms with Gasteiger partial charge in [-0.15, -0.1) is 0 Å². The Morgan fingerprint density at radius 3 is 2.67 bits per heavy atom. The molecule has 0 aromatic carbocycles. The van der Waals surface area contributed by atoms with Gasteiger partial charge in [0.1, 0.15) is 0 Å². The Labute approximate surface area is 114 Å². The second-order valence-electron chi connectivity index (χ2n) is 6.09. The number of carbonyl (C=O) groups is 1. The summed E-state index contributed by atoms with van der Waals surface area (Å²) in [7, 11) is 2.12. The quantitative estimate of drug-likeness (QED) is 0.740. The van der Waals surface area contributed by atoms with Gasteiger partial charge < -0.3 is 16.0 Å². The van der Waals surface area contributed by atoms with Gasteiger partial charge in [-0.1, -0.05) is 19.1 Å². The predicted molar refractivity (Wildman–Crippen MR) is 76.2 cm³/mol. The Hall–Kier alpha value is -0.680. The van der Waals surface area contributed by atoms with Crippen molar-refractivity contribution in [1.82, 2.24) is 10.2 Å². The second-order valence-corrected chi connectivity index (χ2v) is 6.53. The molecule has 1 amide bonds. The van der Waals surface area contributed by atoms with E-state index in [0.29, 0.717) is 16.8 Å². The maximum atomic E-state index is 12.3. The number of thiocarbonyl (C=S) groups is 1. The average molecular weight is 269 g/mol. The highest BCUT2D eigenvalue weighted by molar-refractivity contribution is 7.80. The van der Waals surface area contributed by atoms with Gasteiger partial charge in [0.25, 0.3) is 0 Å². The summed E-state index contributed by atoms with van der Waals surface area (Å²) in [6.45, 7) is 5.08. The minimum atomic E-state index is -0.556. The molecule has 102 valence electrons. The number of nitrogens with two attached hydrogens (primary N) is 1. The lowest BCUT2D eigenvalue weighted by molar-refractivity contribution is -0.133. The molecule has 0 spiro atoms. The Balaban J connectivity index is 1.85. The van der Waals surface area contributed by atoms with Crippen LogP contribution < -0.4 is 11.1 Å². The lowest BCUT2D eigenvalue weighted by Gasteiger charge is -2.44. The van der Waals surface area contributed by atoms with Crippen LogP contribution in [0.2, 0.25) is 0 Å². The van der Waals surface area contributed by atoms with Gasteiger partial charge in [0.05, 0.1) is 10.4 Å². The Bertz CT molecular complexity index is 352. The lowest BCUT2D eigenvalue weighted by Crippen LogP contribution is -2.56. The first-order valence-corrected chi connectivity index (χ1v) is 7.11. The number of carbonyl (C=O) groups excluding carboxylic acids is 1. The maximum Gasteiger partial charge on any atom is 0.233 e. The molecule has 2 rings (SSSR count). The van der Waals surface area contributed by atoms with Crippen LogP contribution in [0.25, 0.3) is 0 Å². The number of likely N-dealkylation sites (tertiary alicyclic amines) is 1. The summed E-state index contributed by atoms with van der Waals surface area (Å²) in [6, 6.07) is 0. The normalized spacial score (nSPS) is 36.1. The monoisotopic (exact) mass is 269 g/mol. The molecule has 1 saturated heterocycles. The zero-order valence-corrected chi connectivity index (χ0v) is 12.1. The molecule has 1 atom stereocenters. The number of nitrogens with one attached hydrogen (secondary N) is 1. The van der Waals surface area contributed by atoms with Gasteiger partial charge in [-0.25, -0.2) is 0 Å². The fraction of sp³-hybridized carbons (Fsp3) is 0.846. The fourth-order valence-corrected chi connectivity index (χ4v) is 3.49. The zero-order chi connectivity index (χ0) is 13.3. The highest BCUT2D eigenvalue weighted by atomic mass is 32.1. The largest absolute Gasteiger partial charge is 0.392 e. The van der Waals surface area contributed by atoms with Crippen molar-refractivity contribution in [2.45, 2.75) is 26.2 Å². The third kappa shape index (κ3) is 2.52. The Morgan fingerprint density at radius 1 is 1.56 bits per heavy atom. The van der Waals surface area contributed by atoms with Crippen molar-refractivity contribution < 1.29 is 4.79 Å². The van der Waals surface area contributed by atoms with E-state index in [9.17, 15) is 4.79 Å². The summed E-state index contributed by atoms with van der Waals surface area (Å²) < 4.78 is 0. The molecular weight excluding hydrogens is 246 g/mol. The summed E-state index contributed by atoms with van der Waals surface area (Å²) in [5, 5.41) is 3.06. The molecule has 4 nitrogen and oxygen atoms in total. The van der Waals surface area contributed by atoms with Crippen LogP contribution in [0.5, 0.6) is 0 Å². The van der Waals surface area contributed by atoms with Crippen LogP contribution in [0.15, 0.2) is 0 Å². The van der Waals surface area contributed by atoms with Crippen molar-refractivity contribution in [3.05, 3.63) is 0 Å². The highest BCUT2D eigenvalue weighted by Crippen LogP contribution is 2.45. The van der Waals surface area contributed by atoms with Crippen molar-refractivity contribution in [1.29, 1.82) is 0 Å². The zero-order valence-electron chi connectivity index (χ0n) is 11.2. The van der Waals surface area contributed by atoms with Crippen molar-refractivity contribution in [3.8, 4) is 0 Å². The molecule has 1 aliphatic carbocycles. The number of rotatable bonds is 4. The molecule has 0 bridgehead atoms. The van der Waals surface area contributed by atoms with Gasteiger partial charge in [0, 0.05) is 13.1 Å². The predicted octanol–water partition coefficient (Wildman–Crippen LogP) is 0.757. The molecular formula is C13H23N3OS. The van der Waals surface area contributed by atoms with Crippen molar-refractivity contribution in [2.75, 3.05) is 26.7 Å². The first kappa shape index (κ1) is 13.7. The molecule has 0 aromatic rings. The van der Waals surface area contributed by atoms with Gasteiger partial charge in [-0.05, 0) is 44.7 Å². The fourth-order valence-electron chi connectivity index (χ4n) is 3.23. The highest BCUT2D eigenvalue weighted by Gasteiger charge is 2.50. The van der Waals surface area contributed by atoms with E-state index in [4.69, 9.17) is 18.0 Å². The number of hydrogen-bond acceptors (Lipinski definition) is 3. The summed E-state index contributed by atoms with van der Waals surface area (Å²) in [5.74, 6) is 1.16. The van der Waals surface area contributed by atoms with Crippen LogP contribution in [0, 0.1) is 17.3 Å². The minimum Gasteiger partial charge on any atom is -0.392 e. The van der Waals surface area contributed by atoms with Crippen molar-refractivity contribution in [2.24, 2.45) is 23.0 Å². The van der Waals surface area contributed by atoms with Gasteiger partial charge in [0.2, 0.25) is 5.91 Å². The van der Waals surface area contributed by atoms with E-state index in [-0.39, 0.29) is 5.91 Å². The molecule has 0 aromatic heterocycles. The van der Waals surface area contributed by atoms with Crippen LogP contribution in [-0.4, -0.2) is 42.5 Å². The molecule has 1 aliphatic heterocycles. The number of nitrogens with zero attached hydrogens (tertiary/aromatic N) is 1. The molecule has 2 aliphatic rings. The molecule has 1 saturated carbocycles. The summed E-state index contributed by atoms with van der Waals surface area (Å²) in [6.07, 6.45) is 2.77. The van der Waals surface area contributed by atoms with E-state index >= 15 is 0 Å². The average Bonchev–Trinajstić information content (AvgIpc) is 2.67. The van der Waals surface area contributed by atoms with Crippen LogP contribution in [-0.2, 0) is 4.79 Å². The van der Waals surface area contributed by atoms with E-state index in [0.717, 1.165) is 38.9 Å². The van der Waals surface area contributed by atoms with Crippen LogP contribution >= 0.6 is 12.2 Å². The van der Waals surface area contributed by atoms with Crippen molar-refractivity contribution in [3.63, 3.8) is 0 Å². The molecule has 2 fully saturated rings. The maximum absolute atomic E-state index is 12.3. The molecule has 1 heterocycles. The first-order valence-electron chi connectivity index (χ1n) is 6.71. The van der Waals surface area contributed by atoms with E-state index in [2.05, 4.69) is 24.2 Å². The van der Waals surface area contributed by atoms with Gasteiger partial charge in [0.15, 0.2) is 0 Å². The second kappa shape index (κ2) is 5.13. The third-order valence-electron chi connectivity index (χ3n) is 4.34. The van der Waals surface area contributed by atoms with Gasteiger partial charge in [-0.3, -0.25) is 4.79 Å². The molecule has 18 heavy (non-hydrogen) atoms. The van der Waals surface area contributed by atoms with Gasteiger partial charge >= 0.3 is 0 Å². The summed E-state index contributed by atoms with van der Waals surface area (Å²) in [5.41, 5.74) is 5.21. The van der Waals surface area contributed by atoms with E-state index in [1.54, 1.807) is 0 Å². The Kier molecular flexibility index (Phi) is 3.92. The minimum absolute atomic E-state index is 0.0441. The Morgan fingerprint density at radius 2 is 2.22 bits per heavy atom. The van der Waals surface area contributed by atoms with Gasteiger partial charge in [-0.2, -0.15) is 0 Å². The van der Waals surface area contributed by atoms with Crippen LogP contribution in [0.4, 0.5) is 0 Å². The summed E-state index contributed by atoms with van der Waals surface area (Å²) in [4.78, 5) is 14.9. The topological polar surface area (TPSA) is 58.4 Å². The number of hydrogen-bond donors (Lipinski definition) is 2. The first-order chi connectivity index (χ1) is 8.44. The van der Waals surface area contributed by atoms with Crippen LogP contribution in [0.3, 0.4) is 0 Å².